The van der Waals surface area contributed by atoms with Crippen LogP contribution in [0.1, 0.15) is 55.5 Å². The molecule has 0 radical (unpaired) electrons. The van der Waals surface area contributed by atoms with E-state index < -0.39 is 33.8 Å². The molecule has 224 valence electrons. The molecule has 14 heteroatoms. The lowest BCUT2D eigenvalue weighted by Gasteiger charge is -2.19. The summed E-state index contributed by atoms with van der Waals surface area (Å²) in [6, 6.07) is 12.3. The van der Waals surface area contributed by atoms with Crippen LogP contribution in [0, 0.1) is 0 Å². The third-order valence-electron chi connectivity index (χ3n) is 6.42. The monoisotopic (exact) mass is 595 g/mol. The predicted molar refractivity (Wildman–Crippen MR) is 151 cm³/mol. The summed E-state index contributed by atoms with van der Waals surface area (Å²) in [5.74, 6) is 0.495. The molecule has 0 aliphatic rings. The first kappa shape index (κ1) is 32.0. The van der Waals surface area contributed by atoms with Crippen LogP contribution in [0.15, 0.2) is 54.6 Å². The molecule has 0 fully saturated rings. The Morgan fingerprint density at radius 3 is 2.37 bits per heavy atom. The molecule has 0 saturated carbocycles. The van der Waals surface area contributed by atoms with Crippen molar-refractivity contribution in [2.24, 2.45) is 0 Å². The van der Waals surface area contributed by atoms with Gasteiger partial charge in [-0.15, -0.1) is 0 Å². The molecule has 41 heavy (non-hydrogen) atoms. The van der Waals surface area contributed by atoms with E-state index in [0.717, 1.165) is 42.9 Å². The lowest BCUT2D eigenvalue weighted by Crippen LogP contribution is -2.33. The van der Waals surface area contributed by atoms with Gasteiger partial charge < -0.3 is 15.5 Å². The van der Waals surface area contributed by atoms with Crippen LogP contribution in [0.3, 0.4) is 0 Å². The summed E-state index contributed by atoms with van der Waals surface area (Å²) in [5, 5.41) is 11.9. The molecular weight excluding hydrogens is 559 g/mol. The number of nitrogens with one attached hydrogen (secondary N) is 4. The fourth-order valence-electron chi connectivity index (χ4n) is 4.12. The van der Waals surface area contributed by atoms with E-state index in [4.69, 9.17) is 0 Å². The van der Waals surface area contributed by atoms with Crippen LogP contribution in [0.2, 0.25) is 0 Å². The van der Waals surface area contributed by atoms with Gasteiger partial charge in [-0.3, -0.25) is 5.10 Å². The fraction of sp³-hybridized carbons (Fsp3) is 0.444. The maximum atomic E-state index is 12.9. The van der Waals surface area contributed by atoms with Gasteiger partial charge in [0.2, 0.25) is 10.0 Å². The second-order valence-electron chi connectivity index (χ2n) is 9.42. The van der Waals surface area contributed by atoms with Gasteiger partial charge in [-0.2, -0.15) is 18.3 Å². The van der Waals surface area contributed by atoms with Gasteiger partial charge >= 0.3 is 12.2 Å². The summed E-state index contributed by atoms with van der Waals surface area (Å²) >= 11 is 0. The average Bonchev–Trinajstić information content (AvgIpc) is 3.42. The van der Waals surface area contributed by atoms with Crippen molar-refractivity contribution in [3.8, 4) is 0 Å². The van der Waals surface area contributed by atoms with Crippen LogP contribution in [-0.4, -0.2) is 59.9 Å². The third-order valence-corrected chi connectivity index (χ3v) is 7.89. The Kier molecular flexibility index (Phi) is 11.7. The predicted octanol–water partition coefficient (Wildman–Crippen LogP) is 4.47. The minimum Gasteiger partial charge on any atom is -0.331 e. The first-order valence-corrected chi connectivity index (χ1v) is 15.0. The SMILES string of the molecule is CCN(CC)CCCS(=O)(=O)N[C@H](CCc1ccccc1)c1n[nH]c(CNC(=O)Nc2ccc(C(F)(F)F)cc2)n1. The van der Waals surface area contributed by atoms with Crippen molar-refractivity contribution in [2.45, 2.75) is 51.9 Å². The van der Waals surface area contributed by atoms with Crippen LogP contribution in [0.5, 0.6) is 0 Å². The standard InChI is InChI=1S/C27H36F3N7O3S/c1-3-37(4-2)17-8-18-41(39,40)36-23(16-11-20-9-6-5-7-10-20)25-33-24(34-35-25)19-31-26(38)32-22-14-12-21(13-15-22)27(28,29)30/h5-7,9-10,12-15,23,36H,3-4,8,11,16-19H2,1-2H3,(H2,31,32,38)(H,33,34,35)/t23-/m1/s1. The lowest BCUT2D eigenvalue weighted by atomic mass is 10.1. The molecule has 0 bridgehead atoms. The molecule has 0 aliphatic carbocycles. The molecule has 0 saturated heterocycles. The number of halogens is 3. The summed E-state index contributed by atoms with van der Waals surface area (Å²) in [4.78, 5) is 18.8. The number of hydrogen-bond acceptors (Lipinski definition) is 6. The second-order valence-corrected chi connectivity index (χ2v) is 11.3. The third kappa shape index (κ3) is 10.8. The van der Waals surface area contributed by atoms with E-state index in [9.17, 15) is 26.4 Å². The van der Waals surface area contributed by atoms with Crippen LogP contribution in [0.4, 0.5) is 23.7 Å². The number of benzene rings is 2. The van der Waals surface area contributed by atoms with E-state index in [-0.39, 0.29) is 29.6 Å². The zero-order valence-electron chi connectivity index (χ0n) is 23.0. The number of hydrogen-bond donors (Lipinski definition) is 4. The summed E-state index contributed by atoms with van der Waals surface area (Å²) in [6.07, 6.45) is -2.98. The molecule has 3 aromatic rings. The quantitative estimate of drug-likeness (QED) is 0.205. The van der Waals surface area contributed by atoms with Crippen molar-refractivity contribution in [1.82, 2.24) is 30.1 Å². The second kappa shape index (κ2) is 14.9. The molecule has 10 nitrogen and oxygen atoms in total. The highest BCUT2D eigenvalue weighted by Crippen LogP contribution is 2.29. The number of anilines is 1. The number of alkyl halides is 3. The van der Waals surface area contributed by atoms with Gasteiger partial charge in [0.15, 0.2) is 5.82 Å². The highest BCUT2D eigenvalue weighted by Gasteiger charge is 2.30. The zero-order valence-corrected chi connectivity index (χ0v) is 23.9. The molecule has 2 aromatic carbocycles. The Hall–Kier alpha value is -3.49. The summed E-state index contributed by atoms with van der Waals surface area (Å²) in [5.41, 5.74) is 0.403. The van der Waals surface area contributed by atoms with E-state index >= 15 is 0 Å². The number of aromatic nitrogens is 3. The molecule has 2 amide bonds. The number of nitrogens with zero attached hydrogens (tertiary/aromatic N) is 3. The number of H-pyrrole nitrogens is 1. The summed E-state index contributed by atoms with van der Waals surface area (Å²) < 4.78 is 66.8. The topological polar surface area (TPSA) is 132 Å². The Bertz CT molecular complexity index is 1330. The molecule has 4 N–H and O–H groups in total. The Morgan fingerprint density at radius 2 is 1.73 bits per heavy atom. The molecule has 0 spiro atoms. The number of sulfonamides is 1. The van der Waals surface area contributed by atoms with E-state index in [2.05, 4.69) is 35.4 Å². The highest BCUT2D eigenvalue weighted by atomic mass is 32.2. The van der Waals surface area contributed by atoms with Gasteiger partial charge in [0.05, 0.1) is 23.9 Å². The van der Waals surface area contributed by atoms with Gasteiger partial charge in [-0.25, -0.2) is 22.9 Å². The highest BCUT2D eigenvalue weighted by molar-refractivity contribution is 7.89. The van der Waals surface area contributed by atoms with Gasteiger partial charge in [-0.1, -0.05) is 44.2 Å². The molecule has 0 unspecified atom stereocenters. The summed E-state index contributed by atoms with van der Waals surface area (Å²) in [6.45, 7) is 6.36. The molecule has 1 atom stereocenters. The first-order chi connectivity index (χ1) is 19.5. The van der Waals surface area contributed by atoms with E-state index in [1.165, 1.54) is 0 Å². The van der Waals surface area contributed by atoms with Gasteiger partial charge in [0.25, 0.3) is 0 Å². The van der Waals surface area contributed by atoms with Crippen molar-refractivity contribution in [1.29, 1.82) is 0 Å². The van der Waals surface area contributed by atoms with Crippen molar-refractivity contribution in [2.75, 3.05) is 30.7 Å². The Balaban J connectivity index is 1.61. The number of carbonyl (C=O) groups excluding carboxylic acids is 1. The minimum absolute atomic E-state index is 0.0334. The normalized spacial score (nSPS) is 12.8. The van der Waals surface area contributed by atoms with Gasteiger partial charge in [-0.05, 0) is 68.7 Å². The molecule has 1 heterocycles. The number of aromatic amines is 1. The number of aryl methyl sites for hydroxylation is 1. The Morgan fingerprint density at radius 1 is 1.05 bits per heavy atom. The summed E-state index contributed by atoms with van der Waals surface area (Å²) in [7, 11) is -3.63. The number of urea groups is 1. The molecule has 0 aliphatic heterocycles. The fourth-order valence-corrected chi connectivity index (χ4v) is 5.40. The Labute approximate surface area is 238 Å². The van der Waals surface area contributed by atoms with Crippen molar-refractivity contribution in [3.05, 3.63) is 77.4 Å². The van der Waals surface area contributed by atoms with Gasteiger partial charge in [0, 0.05) is 5.69 Å². The largest absolute Gasteiger partial charge is 0.416 e. The smallest absolute Gasteiger partial charge is 0.331 e. The maximum absolute atomic E-state index is 12.9. The van der Waals surface area contributed by atoms with Crippen LogP contribution >= 0.6 is 0 Å². The molecule has 3 rings (SSSR count). The lowest BCUT2D eigenvalue weighted by molar-refractivity contribution is -0.137. The van der Waals surface area contributed by atoms with Crippen molar-refractivity contribution >= 4 is 21.7 Å². The van der Waals surface area contributed by atoms with Crippen molar-refractivity contribution < 1.29 is 26.4 Å². The molecule has 1 aromatic heterocycles. The van der Waals surface area contributed by atoms with E-state index in [1.54, 1.807) is 0 Å². The van der Waals surface area contributed by atoms with E-state index in [1.807, 2.05) is 44.2 Å². The number of rotatable bonds is 15. The number of amides is 2. The van der Waals surface area contributed by atoms with Gasteiger partial charge in [0.1, 0.15) is 5.82 Å². The van der Waals surface area contributed by atoms with Crippen LogP contribution in [-0.2, 0) is 29.2 Å². The zero-order chi connectivity index (χ0) is 29.9. The average molecular weight is 596 g/mol. The van der Waals surface area contributed by atoms with Crippen molar-refractivity contribution in [3.63, 3.8) is 0 Å². The maximum Gasteiger partial charge on any atom is 0.416 e. The molecular formula is C27H36F3N7O3S. The minimum atomic E-state index is -4.47. The first-order valence-electron chi connectivity index (χ1n) is 13.4. The van der Waals surface area contributed by atoms with Crippen LogP contribution in [0.25, 0.3) is 0 Å². The number of carbonyl (C=O) groups is 1. The van der Waals surface area contributed by atoms with E-state index in [0.29, 0.717) is 25.8 Å². The van der Waals surface area contributed by atoms with Crippen LogP contribution < -0.4 is 15.4 Å².